The summed E-state index contributed by atoms with van der Waals surface area (Å²) in [5.41, 5.74) is 1.88. The number of sulfonamides is 1. The van der Waals surface area contributed by atoms with Gasteiger partial charge >= 0.3 is 0 Å². The second-order valence-corrected chi connectivity index (χ2v) is 8.88. The van der Waals surface area contributed by atoms with E-state index in [1.165, 1.54) is 4.31 Å². The topological polar surface area (TPSA) is 46.6 Å². The van der Waals surface area contributed by atoms with Gasteiger partial charge in [0.25, 0.3) is 0 Å². The average Bonchev–Trinajstić information content (AvgIpc) is 2.72. The van der Waals surface area contributed by atoms with Gasteiger partial charge in [-0.2, -0.15) is 4.31 Å². The Hall–Kier alpha value is -1.11. The molecule has 1 aliphatic rings. The van der Waals surface area contributed by atoms with Crippen LogP contribution < -0.4 is 0 Å². The minimum Gasteiger partial charge on any atom is -0.379 e. The Kier molecular flexibility index (Phi) is 6.02. The molecule has 0 amide bonds. The van der Waals surface area contributed by atoms with Gasteiger partial charge in [-0.05, 0) is 29.7 Å². The van der Waals surface area contributed by atoms with E-state index >= 15 is 0 Å². The van der Waals surface area contributed by atoms with Crippen LogP contribution in [-0.2, 0) is 27.7 Å². The normalized spacial score (nSPS) is 21.0. The van der Waals surface area contributed by atoms with Gasteiger partial charge in [0.1, 0.15) is 0 Å². The lowest BCUT2D eigenvalue weighted by molar-refractivity contribution is 0.109. The number of ether oxygens (including phenoxy) is 1. The van der Waals surface area contributed by atoms with E-state index in [0.29, 0.717) is 23.1 Å². The highest BCUT2D eigenvalue weighted by molar-refractivity contribution is 7.89. The summed E-state index contributed by atoms with van der Waals surface area (Å²) < 4.78 is 32.6. The number of rotatable bonds is 4. The number of benzene rings is 2. The molecule has 0 aromatic heterocycles. The molecule has 3 rings (SSSR count). The maximum Gasteiger partial charge on any atom is 0.217 e. The van der Waals surface area contributed by atoms with Crippen LogP contribution in [0, 0.1) is 0 Å². The summed E-state index contributed by atoms with van der Waals surface area (Å²) >= 11 is 12.0. The van der Waals surface area contributed by atoms with E-state index in [4.69, 9.17) is 27.9 Å². The van der Waals surface area contributed by atoms with Crippen LogP contribution in [0.2, 0.25) is 10.0 Å². The summed E-state index contributed by atoms with van der Waals surface area (Å²) in [5.74, 6) is -0.0143. The molecule has 0 bridgehead atoms. The average molecular weight is 400 g/mol. The summed E-state index contributed by atoms with van der Waals surface area (Å²) in [6.07, 6.45) is 0.599. The Morgan fingerprint density at radius 3 is 2.52 bits per heavy atom. The zero-order valence-electron chi connectivity index (χ0n) is 13.6. The van der Waals surface area contributed by atoms with Gasteiger partial charge in [0.2, 0.25) is 10.0 Å². The molecule has 25 heavy (non-hydrogen) atoms. The zero-order valence-corrected chi connectivity index (χ0v) is 15.9. The van der Waals surface area contributed by atoms with Gasteiger partial charge in [-0.3, -0.25) is 0 Å². The molecule has 0 aliphatic carbocycles. The maximum absolute atomic E-state index is 12.7. The van der Waals surface area contributed by atoms with Crippen molar-refractivity contribution >= 4 is 33.2 Å². The first-order chi connectivity index (χ1) is 12.0. The summed E-state index contributed by atoms with van der Waals surface area (Å²) in [4.78, 5) is 0. The third kappa shape index (κ3) is 4.74. The van der Waals surface area contributed by atoms with E-state index in [2.05, 4.69) is 0 Å². The first-order valence-electron chi connectivity index (χ1n) is 8.01. The monoisotopic (exact) mass is 399 g/mol. The largest absolute Gasteiger partial charge is 0.379 e. The van der Waals surface area contributed by atoms with E-state index in [1.54, 1.807) is 18.2 Å². The number of halogens is 2. The Morgan fingerprint density at radius 1 is 1.04 bits per heavy atom. The zero-order chi connectivity index (χ0) is 17.9. The van der Waals surface area contributed by atoms with Gasteiger partial charge < -0.3 is 4.74 Å². The first kappa shape index (κ1) is 18.7. The van der Waals surface area contributed by atoms with Crippen molar-refractivity contribution in [2.75, 3.05) is 19.0 Å². The van der Waals surface area contributed by atoms with Crippen molar-refractivity contribution in [1.29, 1.82) is 0 Å². The lowest BCUT2D eigenvalue weighted by Crippen LogP contribution is -2.42. The van der Waals surface area contributed by atoms with Crippen molar-refractivity contribution in [3.8, 4) is 0 Å². The SMILES string of the molecule is O=S1(=O)CCOC[C@H](Cc2ccccc2)N1Cc1ccc(Cl)c(Cl)c1. The third-order valence-corrected chi connectivity index (χ3v) is 6.76. The van der Waals surface area contributed by atoms with Crippen LogP contribution in [0.25, 0.3) is 0 Å². The molecule has 1 saturated heterocycles. The first-order valence-corrected chi connectivity index (χ1v) is 10.4. The van der Waals surface area contributed by atoms with E-state index in [-0.39, 0.29) is 24.9 Å². The predicted molar refractivity (Wildman–Crippen MR) is 101 cm³/mol. The number of hydrogen-bond acceptors (Lipinski definition) is 3. The molecule has 0 unspecified atom stereocenters. The fourth-order valence-electron chi connectivity index (χ4n) is 2.90. The van der Waals surface area contributed by atoms with Crippen LogP contribution in [0.1, 0.15) is 11.1 Å². The molecule has 4 nitrogen and oxygen atoms in total. The van der Waals surface area contributed by atoms with Crippen molar-refractivity contribution in [2.45, 2.75) is 19.0 Å². The summed E-state index contributed by atoms with van der Waals surface area (Å²) in [5, 5.41) is 0.871. The fourth-order valence-corrected chi connectivity index (χ4v) is 4.72. The molecule has 0 radical (unpaired) electrons. The molecule has 7 heteroatoms. The van der Waals surface area contributed by atoms with Crippen LogP contribution >= 0.6 is 23.2 Å². The summed E-state index contributed by atoms with van der Waals surface area (Å²) in [6.45, 7) is 0.834. The molecular weight excluding hydrogens is 381 g/mol. The summed E-state index contributed by atoms with van der Waals surface area (Å²) in [7, 11) is -3.42. The van der Waals surface area contributed by atoms with Crippen molar-refractivity contribution in [3.05, 3.63) is 69.7 Å². The maximum atomic E-state index is 12.7. The van der Waals surface area contributed by atoms with Crippen LogP contribution in [0.4, 0.5) is 0 Å². The van der Waals surface area contributed by atoms with Crippen molar-refractivity contribution < 1.29 is 13.2 Å². The highest BCUT2D eigenvalue weighted by atomic mass is 35.5. The van der Waals surface area contributed by atoms with E-state index < -0.39 is 10.0 Å². The van der Waals surface area contributed by atoms with E-state index in [0.717, 1.165) is 11.1 Å². The van der Waals surface area contributed by atoms with Crippen molar-refractivity contribution in [3.63, 3.8) is 0 Å². The lowest BCUT2D eigenvalue weighted by Gasteiger charge is -2.28. The Balaban J connectivity index is 1.89. The molecule has 0 N–H and O–H groups in total. The molecule has 2 aromatic carbocycles. The van der Waals surface area contributed by atoms with Crippen LogP contribution in [0.15, 0.2) is 48.5 Å². The molecular formula is C18H19Cl2NO3S. The minimum absolute atomic E-state index is 0.0143. The molecule has 1 heterocycles. The van der Waals surface area contributed by atoms with Crippen molar-refractivity contribution in [2.24, 2.45) is 0 Å². The fraction of sp³-hybridized carbons (Fsp3) is 0.333. The quantitative estimate of drug-likeness (QED) is 0.785. The highest BCUT2D eigenvalue weighted by Crippen LogP contribution is 2.26. The lowest BCUT2D eigenvalue weighted by atomic mass is 10.1. The van der Waals surface area contributed by atoms with Gasteiger partial charge in [-0.1, -0.05) is 59.6 Å². The molecule has 2 aromatic rings. The standard InChI is InChI=1S/C18H19Cl2NO3S/c19-17-7-6-15(11-18(17)20)12-21-16(10-14-4-2-1-3-5-14)13-24-8-9-25(21,22)23/h1-7,11,16H,8-10,12-13H2/t16-/m0/s1. The van der Waals surface area contributed by atoms with Gasteiger partial charge in [0, 0.05) is 6.54 Å². The van der Waals surface area contributed by atoms with Gasteiger partial charge in [-0.15, -0.1) is 0 Å². The Morgan fingerprint density at radius 2 is 1.80 bits per heavy atom. The molecule has 1 atom stereocenters. The third-order valence-electron chi connectivity index (χ3n) is 4.20. The van der Waals surface area contributed by atoms with Crippen molar-refractivity contribution in [1.82, 2.24) is 4.31 Å². The van der Waals surface area contributed by atoms with Gasteiger partial charge in [0.05, 0.1) is 35.1 Å². The molecule has 0 saturated carbocycles. The Bertz CT molecular complexity index is 827. The van der Waals surface area contributed by atoms with Crippen LogP contribution in [0.3, 0.4) is 0 Å². The molecule has 1 fully saturated rings. The second-order valence-electron chi connectivity index (χ2n) is 6.03. The second kappa shape index (κ2) is 8.06. The van der Waals surface area contributed by atoms with E-state index in [9.17, 15) is 8.42 Å². The Labute approximate surface area is 158 Å². The smallest absolute Gasteiger partial charge is 0.217 e. The summed E-state index contributed by atoms with van der Waals surface area (Å²) in [6, 6.07) is 14.8. The number of hydrogen-bond donors (Lipinski definition) is 0. The highest BCUT2D eigenvalue weighted by Gasteiger charge is 2.33. The van der Waals surface area contributed by atoms with Crippen LogP contribution in [0.5, 0.6) is 0 Å². The molecule has 1 aliphatic heterocycles. The molecule has 134 valence electrons. The van der Waals surface area contributed by atoms with Crippen LogP contribution in [-0.4, -0.2) is 37.7 Å². The van der Waals surface area contributed by atoms with Gasteiger partial charge in [0.15, 0.2) is 0 Å². The van der Waals surface area contributed by atoms with Gasteiger partial charge in [-0.25, -0.2) is 8.42 Å². The molecule has 0 spiro atoms. The van der Waals surface area contributed by atoms with E-state index in [1.807, 2.05) is 30.3 Å². The predicted octanol–water partition coefficient (Wildman–Crippen LogP) is 3.77. The number of nitrogens with zero attached hydrogens (tertiary/aromatic N) is 1. The minimum atomic E-state index is -3.42.